The van der Waals surface area contributed by atoms with Crippen molar-refractivity contribution in [3.8, 4) is 0 Å². The SMILES string of the molecule is OC(CNCCCn1ccnn1)COC1CCCC1. The Bertz CT molecular complexity index is 325. The second kappa shape index (κ2) is 8.24. The highest BCUT2D eigenvalue weighted by Crippen LogP contribution is 2.20. The quantitative estimate of drug-likeness (QED) is 0.641. The van der Waals surface area contributed by atoms with E-state index in [1.54, 1.807) is 10.9 Å². The molecule has 2 N–H and O–H groups in total. The molecule has 1 unspecified atom stereocenters. The van der Waals surface area contributed by atoms with Crippen LogP contribution in [0.15, 0.2) is 12.4 Å². The van der Waals surface area contributed by atoms with Crippen molar-refractivity contribution in [2.24, 2.45) is 0 Å². The predicted octanol–water partition coefficient (Wildman–Crippen LogP) is 0.578. The molecule has 108 valence electrons. The van der Waals surface area contributed by atoms with Crippen LogP contribution in [-0.4, -0.2) is 52.0 Å². The molecule has 0 aromatic carbocycles. The summed E-state index contributed by atoms with van der Waals surface area (Å²) in [7, 11) is 0. The Morgan fingerprint density at radius 1 is 1.42 bits per heavy atom. The molecule has 1 saturated carbocycles. The third-order valence-electron chi connectivity index (χ3n) is 3.42. The molecule has 0 amide bonds. The van der Waals surface area contributed by atoms with E-state index in [0.29, 0.717) is 19.3 Å². The van der Waals surface area contributed by atoms with Crippen LogP contribution in [0.4, 0.5) is 0 Å². The van der Waals surface area contributed by atoms with Gasteiger partial charge in [0.05, 0.1) is 25.0 Å². The monoisotopic (exact) mass is 268 g/mol. The van der Waals surface area contributed by atoms with Gasteiger partial charge in [0.1, 0.15) is 0 Å². The maximum Gasteiger partial charge on any atom is 0.0897 e. The molecule has 1 heterocycles. The number of nitrogens with one attached hydrogen (secondary N) is 1. The zero-order valence-electron chi connectivity index (χ0n) is 11.4. The zero-order valence-corrected chi connectivity index (χ0v) is 11.4. The van der Waals surface area contributed by atoms with Gasteiger partial charge in [0.2, 0.25) is 0 Å². The van der Waals surface area contributed by atoms with Gasteiger partial charge in [-0.2, -0.15) is 0 Å². The molecule has 0 radical (unpaired) electrons. The standard InChI is InChI=1S/C13H24N4O2/c18-12(11-19-13-4-1-2-5-13)10-14-6-3-8-17-9-7-15-16-17/h7,9,12-14,18H,1-6,8,10-11H2. The van der Waals surface area contributed by atoms with Crippen LogP contribution in [0.3, 0.4) is 0 Å². The van der Waals surface area contributed by atoms with Crippen LogP contribution in [0.1, 0.15) is 32.1 Å². The predicted molar refractivity (Wildman–Crippen MR) is 71.7 cm³/mol. The van der Waals surface area contributed by atoms with Crippen LogP contribution in [0.2, 0.25) is 0 Å². The van der Waals surface area contributed by atoms with E-state index in [4.69, 9.17) is 4.74 Å². The van der Waals surface area contributed by atoms with E-state index >= 15 is 0 Å². The van der Waals surface area contributed by atoms with E-state index < -0.39 is 6.10 Å². The molecule has 1 aromatic heterocycles. The number of rotatable bonds is 9. The van der Waals surface area contributed by atoms with E-state index in [1.807, 2.05) is 6.20 Å². The number of aliphatic hydroxyl groups excluding tert-OH is 1. The topological polar surface area (TPSA) is 72.2 Å². The summed E-state index contributed by atoms with van der Waals surface area (Å²) in [5.74, 6) is 0. The minimum Gasteiger partial charge on any atom is -0.389 e. The van der Waals surface area contributed by atoms with Crippen molar-refractivity contribution in [1.29, 1.82) is 0 Å². The number of ether oxygens (including phenoxy) is 1. The lowest BCUT2D eigenvalue weighted by atomic mass is 10.3. The minimum atomic E-state index is -0.410. The van der Waals surface area contributed by atoms with Crippen molar-refractivity contribution in [3.63, 3.8) is 0 Å². The lowest BCUT2D eigenvalue weighted by molar-refractivity contribution is -0.00537. The summed E-state index contributed by atoms with van der Waals surface area (Å²) in [6.07, 6.45) is 9.30. The molecular formula is C13H24N4O2. The molecule has 2 rings (SSSR count). The van der Waals surface area contributed by atoms with Gasteiger partial charge >= 0.3 is 0 Å². The molecule has 1 atom stereocenters. The minimum absolute atomic E-state index is 0.377. The van der Waals surface area contributed by atoms with Crippen LogP contribution in [0.25, 0.3) is 0 Å². The summed E-state index contributed by atoms with van der Waals surface area (Å²) in [6, 6.07) is 0. The summed E-state index contributed by atoms with van der Waals surface area (Å²) in [4.78, 5) is 0. The summed E-state index contributed by atoms with van der Waals surface area (Å²) < 4.78 is 7.48. The normalized spacial score (nSPS) is 17.9. The first-order valence-corrected chi connectivity index (χ1v) is 7.19. The third kappa shape index (κ3) is 5.67. The Balaban J connectivity index is 1.43. The number of aromatic nitrogens is 3. The van der Waals surface area contributed by atoms with Crippen molar-refractivity contribution in [2.45, 2.75) is 50.9 Å². The van der Waals surface area contributed by atoms with E-state index in [1.165, 1.54) is 12.8 Å². The Labute approximate surface area is 114 Å². The van der Waals surface area contributed by atoms with Gasteiger partial charge in [0, 0.05) is 19.3 Å². The average molecular weight is 268 g/mol. The fraction of sp³-hybridized carbons (Fsp3) is 0.846. The lowest BCUT2D eigenvalue weighted by Gasteiger charge is -2.16. The second-order valence-corrected chi connectivity index (χ2v) is 5.12. The highest BCUT2D eigenvalue weighted by molar-refractivity contribution is 4.68. The molecule has 1 fully saturated rings. The molecular weight excluding hydrogens is 244 g/mol. The van der Waals surface area contributed by atoms with Gasteiger partial charge in [0.25, 0.3) is 0 Å². The van der Waals surface area contributed by atoms with Gasteiger partial charge in [-0.3, -0.25) is 4.68 Å². The van der Waals surface area contributed by atoms with Crippen LogP contribution >= 0.6 is 0 Å². The van der Waals surface area contributed by atoms with Gasteiger partial charge in [-0.1, -0.05) is 18.1 Å². The van der Waals surface area contributed by atoms with Gasteiger partial charge in [-0.15, -0.1) is 5.10 Å². The molecule has 0 aliphatic heterocycles. The Morgan fingerprint density at radius 3 is 3.00 bits per heavy atom. The van der Waals surface area contributed by atoms with E-state index in [0.717, 1.165) is 32.4 Å². The number of hydrogen-bond acceptors (Lipinski definition) is 5. The second-order valence-electron chi connectivity index (χ2n) is 5.12. The summed E-state index contributed by atoms with van der Waals surface area (Å²) >= 11 is 0. The molecule has 0 bridgehead atoms. The molecule has 6 nitrogen and oxygen atoms in total. The van der Waals surface area contributed by atoms with Crippen molar-refractivity contribution >= 4 is 0 Å². The highest BCUT2D eigenvalue weighted by atomic mass is 16.5. The van der Waals surface area contributed by atoms with E-state index in [9.17, 15) is 5.11 Å². The number of hydrogen-bond donors (Lipinski definition) is 2. The molecule has 6 heteroatoms. The molecule has 19 heavy (non-hydrogen) atoms. The maximum absolute atomic E-state index is 9.78. The maximum atomic E-state index is 9.78. The molecule has 1 aromatic rings. The van der Waals surface area contributed by atoms with Crippen LogP contribution in [0.5, 0.6) is 0 Å². The fourth-order valence-electron chi connectivity index (χ4n) is 2.35. The summed E-state index contributed by atoms with van der Waals surface area (Å²) in [6.45, 7) is 2.74. The van der Waals surface area contributed by atoms with Gasteiger partial charge in [0.15, 0.2) is 0 Å². The molecule has 1 aliphatic rings. The first-order valence-electron chi connectivity index (χ1n) is 7.19. The Hall–Kier alpha value is -0.980. The van der Waals surface area contributed by atoms with Crippen molar-refractivity contribution in [1.82, 2.24) is 20.3 Å². The Morgan fingerprint density at radius 2 is 2.26 bits per heavy atom. The third-order valence-corrected chi connectivity index (χ3v) is 3.42. The van der Waals surface area contributed by atoms with E-state index in [-0.39, 0.29) is 0 Å². The van der Waals surface area contributed by atoms with Gasteiger partial charge in [-0.25, -0.2) is 0 Å². The Kier molecular flexibility index (Phi) is 6.26. The number of nitrogens with zero attached hydrogens (tertiary/aromatic N) is 3. The van der Waals surface area contributed by atoms with Gasteiger partial charge < -0.3 is 15.2 Å². The smallest absolute Gasteiger partial charge is 0.0897 e. The first kappa shape index (κ1) is 14.4. The molecule has 1 aliphatic carbocycles. The molecule has 0 spiro atoms. The van der Waals surface area contributed by atoms with Crippen molar-refractivity contribution in [2.75, 3.05) is 19.7 Å². The number of aliphatic hydroxyl groups is 1. The number of aryl methyl sites for hydroxylation is 1. The lowest BCUT2D eigenvalue weighted by Crippen LogP contribution is -2.32. The first-order chi connectivity index (χ1) is 9.34. The average Bonchev–Trinajstić information content (AvgIpc) is 3.09. The van der Waals surface area contributed by atoms with Crippen LogP contribution in [0, 0.1) is 0 Å². The summed E-state index contributed by atoms with van der Waals surface area (Å²) in [5.41, 5.74) is 0. The van der Waals surface area contributed by atoms with Crippen molar-refractivity contribution < 1.29 is 9.84 Å². The van der Waals surface area contributed by atoms with Crippen LogP contribution in [-0.2, 0) is 11.3 Å². The highest BCUT2D eigenvalue weighted by Gasteiger charge is 2.16. The van der Waals surface area contributed by atoms with Gasteiger partial charge in [-0.05, 0) is 25.8 Å². The fourth-order valence-corrected chi connectivity index (χ4v) is 2.35. The van der Waals surface area contributed by atoms with E-state index in [2.05, 4.69) is 15.6 Å². The van der Waals surface area contributed by atoms with Crippen molar-refractivity contribution in [3.05, 3.63) is 12.4 Å². The summed E-state index contributed by atoms with van der Waals surface area (Å²) in [5, 5.41) is 20.6. The largest absolute Gasteiger partial charge is 0.389 e. The molecule has 0 saturated heterocycles. The zero-order chi connectivity index (χ0) is 13.3. The van der Waals surface area contributed by atoms with Crippen LogP contribution < -0.4 is 5.32 Å².